The van der Waals surface area contributed by atoms with E-state index in [4.69, 9.17) is 9.47 Å². The number of carbonyl (C=O) groups is 2. The molecule has 2 aliphatic rings. The summed E-state index contributed by atoms with van der Waals surface area (Å²) >= 11 is 0. The molecule has 0 heterocycles. The number of hydrogen-bond acceptors (Lipinski definition) is 5. The minimum Gasteiger partial charge on any atom is -0.491 e. The molecule has 6 heteroatoms. The fraction of sp³-hybridized carbons (Fsp3) is 0.571. The lowest BCUT2D eigenvalue weighted by Gasteiger charge is -2.23. The third kappa shape index (κ3) is 4.79. The molecule has 1 aromatic carbocycles. The van der Waals surface area contributed by atoms with Crippen LogP contribution < -0.4 is 10.1 Å². The van der Waals surface area contributed by atoms with Crippen molar-refractivity contribution in [2.75, 3.05) is 6.61 Å². The summed E-state index contributed by atoms with van der Waals surface area (Å²) in [6.45, 7) is 5.82. The summed E-state index contributed by atoms with van der Waals surface area (Å²) in [4.78, 5) is 22.8. The SMILES string of the molecule is CC(C)(C)OC(=O)NC1(COc2cc(C#N)c3c(c2)CC(CC=O)C3)CC1. The van der Waals surface area contributed by atoms with Crippen LogP contribution in [0.1, 0.15) is 56.7 Å². The molecule has 0 aromatic heterocycles. The molecular weight excluding hydrogens is 344 g/mol. The van der Waals surface area contributed by atoms with Crippen LogP contribution in [0.3, 0.4) is 0 Å². The van der Waals surface area contributed by atoms with Crippen LogP contribution in [0.4, 0.5) is 4.79 Å². The molecule has 1 N–H and O–H groups in total. The minimum atomic E-state index is -0.541. The van der Waals surface area contributed by atoms with Gasteiger partial charge in [-0.15, -0.1) is 0 Å². The zero-order valence-electron chi connectivity index (χ0n) is 16.1. The Morgan fingerprint density at radius 2 is 2.11 bits per heavy atom. The van der Waals surface area contributed by atoms with Crippen molar-refractivity contribution >= 4 is 12.4 Å². The van der Waals surface area contributed by atoms with Gasteiger partial charge in [-0.1, -0.05) is 0 Å². The Balaban J connectivity index is 1.64. The lowest BCUT2D eigenvalue weighted by Crippen LogP contribution is -2.44. The highest BCUT2D eigenvalue weighted by Gasteiger charge is 2.46. The Hall–Kier alpha value is -2.55. The first kappa shape index (κ1) is 19.2. The van der Waals surface area contributed by atoms with Crippen LogP contribution >= 0.6 is 0 Å². The van der Waals surface area contributed by atoms with Crippen molar-refractivity contribution in [2.24, 2.45) is 5.92 Å². The van der Waals surface area contributed by atoms with E-state index in [0.29, 0.717) is 24.3 Å². The van der Waals surface area contributed by atoms with Crippen molar-refractivity contribution in [3.8, 4) is 11.8 Å². The van der Waals surface area contributed by atoms with E-state index in [1.807, 2.05) is 26.8 Å². The van der Waals surface area contributed by atoms with Gasteiger partial charge in [-0.2, -0.15) is 5.26 Å². The lowest BCUT2D eigenvalue weighted by atomic mass is 10.0. The van der Waals surface area contributed by atoms with Crippen molar-refractivity contribution in [1.82, 2.24) is 5.32 Å². The third-order valence-corrected chi connectivity index (χ3v) is 5.00. The molecule has 0 spiro atoms. The Morgan fingerprint density at radius 1 is 1.37 bits per heavy atom. The van der Waals surface area contributed by atoms with E-state index in [-0.39, 0.29) is 5.92 Å². The van der Waals surface area contributed by atoms with Gasteiger partial charge in [0.25, 0.3) is 0 Å². The highest BCUT2D eigenvalue weighted by atomic mass is 16.6. The quantitative estimate of drug-likeness (QED) is 0.776. The van der Waals surface area contributed by atoms with E-state index in [1.165, 1.54) is 0 Å². The standard InChI is InChI=1S/C21H26N2O4/c1-20(2,3)27-19(25)23-21(5-6-21)13-26-17-10-15-8-14(4-7-24)9-18(15)16(11-17)12-22/h7,10-11,14H,4-6,8-9,13H2,1-3H3,(H,23,25). The number of ether oxygens (including phenoxy) is 2. The van der Waals surface area contributed by atoms with E-state index in [2.05, 4.69) is 11.4 Å². The number of nitriles is 1. The molecule has 0 radical (unpaired) electrons. The molecule has 0 aliphatic heterocycles. The first-order valence-electron chi connectivity index (χ1n) is 9.37. The fourth-order valence-corrected chi connectivity index (χ4v) is 3.48. The number of nitrogens with one attached hydrogen (secondary N) is 1. The van der Waals surface area contributed by atoms with E-state index >= 15 is 0 Å². The Kier molecular flexibility index (Phi) is 5.14. The van der Waals surface area contributed by atoms with E-state index in [0.717, 1.165) is 43.1 Å². The summed E-state index contributed by atoms with van der Waals surface area (Å²) in [5, 5.41) is 12.4. The monoisotopic (exact) mass is 370 g/mol. The number of rotatable bonds is 6. The van der Waals surface area contributed by atoms with Crippen LogP contribution in [0.2, 0.25) is 0 Å². The average Bonchev–Trinajstić information content (AvgIpc) is 3.20. The number of alkyl carbamates (subject to hydrolysis) is 1. The van der Waals surface area contributed by atoms with E-state index in [9.17, 15) is 14.9 Å². The van der Waals surface area contributed by atoms with E-state index < -0.39 is 17.2 Å². The molecule has 144 valence electrons. The Morgan fingerprint density at radius 3 is 2.70 bits per heavy atom. The molecule has 27 heavy (non-hydrogen) atoms. The zero-order valence-corrected chi connectivity index (χ0v) is 16.1. The van der Waals surface area contributed by atoms with Crippen molar-refractivity contribution in [3.05, 3.63) is 28.8 Å². The second-order valence-corrected chi connectivity index (χ2v) is 8.59. The number of benzene rings is 1. The van der Waals surface area contributed by atoms with E-state index in [1.54, 1.807) is 6.07 Å². The predicted molar refractivity (Wildman–Crippen MR) is 99.6 cm³/mol. The largest absolute Gasteiger partial charge is 0.491 e. The number of carbonyl (C=O) groups excluding carboxylic acids is 2. The molecule has 1 fully saturated rings. The van der Waals surface area contributed by atoms with Gasteiger partial charge in [0.1, 0.15) is 24.2 Å². The molecule has 1 unspecified atom stereocenters. The summed E-state index contributed by atoms with van der Waals surface area (Å²) in [7, 11) is 0. The van der Waals surface area contributed by atoms with Crippen LogP contribution in [0.5, 0.6) is 5.75 Å². The van der Waals surface area contributed by atoms with Gasteiger partial charge in [-0.25, -0.2) is 4.79 Å². The van der Waals surface area contributed by atoms with Gasteiger partial charge in [-0.3, -0.25) is 0 Å². The molecule has 0 bridgehead atoms. The van der Waals surface area contributed by atoms with Crippen LogP contribution in [-0.2, 0) is 22.4 Å². The lowest BCUT2D eigenvalue weighted by molar-refractivity contribution is -0.108. The van der Waals surface area contributed by atoms with Gasteiger partial charge in [0.15, 0.2) is 0 Å². The maximum atomic E-state index is 12.0. The number of aldehydes is 1. The Bertz CT molecular complexity index is 785. The molecule has 0 saturated heterocycles. The predicted octanol–water partition coefficient (Wildman–Crippen LogP) is 3.30. The summed E-state index contributed by atoms with van der Waals surface area (Å²) in [5.41, 5.74) is 1.79. The second kappa shape index (κ2) is 7.22. The second-order valence-electron chi connectivity index (χ2n) is 8.59. The number of hydrogen-bond donors (Lipinski definition) is 1. The van der Waals surface area contributed by atoms with Gasteiger partial charge in [0, 0.05) is 6.42 Å². The fourth-order valence-electron chi connectivity index (χ4n) is 3.48. The van der Waals surface area contributed by atoms with Crippen LogP contribution in [0, 0.1) is 17.2 Å². The van der Waals surface area contributed by atoms with Crippen molar-refractivity contribution in [1.29, 1.82) is 5.26 Å². The van der Waals surface area contributed by atoms with Crippen LogP contribution in [0.25, 0.3) is 0 Å². The minimum absolute atomic E-state index is 0.267. The summed E-state index contributed by atoms with van der Waals surface area (Å²) in [5.74, 6) is 0.901. The average molecular weight is 370 g/mol. The molecule has 6 nitrogen and oxygen atoms in total. The smallest absolute Gasteiger partial charge is 0.408 e. The van der Waals surface area contributed by atoms with Gasteiger partial charge in [0.2, 0.25) is 0 Å². The first-order chi connectivity index (χ1) is 12.7. The maximum absolute atomic E-state index is 12.0. The van der Waals surface area contributed by atoms with Crippen molar-refractivity contribution < 1.29 is 19.1 Å². The zero-order chi connectivity index (χ0) is 19.7. The highest BCUT2D eigenvalue weighted by molar-refractivity contribution is 5.69. The molecule has 1 saturated carbocycles. The van der Waals surface area contributed by atoms with Gasteiger partial charge >= 0.3 is 6.09 Å². The van der Waals surface area contributed by atoms with Gasteiger partial charge in [0.05, 0.1) is 17.2 Å². The number of nitrogens with zero attached hydrogens (tertiary/aromatic N) is 1. The topological polar surface area (TPSA) is 88.4 Å². The molecule has 1 amide bonds. The molecule has 2 aliphatic carbocycles. The molecular formula is C21H26N2O4. The van der Waals surface area contributed by atoms with Crippen LogP contribution in [-0.4, -0.2) is 30.1 Å². The first-order valence-corrected chi connectivity index (χ1v) is 9.37. The highest BCUT2D eigenvalue weighted by Crippen LogP contribution is 2.38. The Labute approximate surface area is 159 Å². The maximum Gasteiger partial charge on any atom is 0.408 e. The number of fused-ring (bicyclic) bond motifs is 1. The number of amides is 1. The van der Waals surface area contributed by atoms with Gasteiger partial charge in [-0.05, 0) is 75.6 Å². The molecule has 3 rings (SSSR count). The molecule has 1 atom stereocenters. The summed E-state index contributed by atoms with van der Waals surface area (Å²) in [6, 6.07) is 5.96. The van der Waals surface area contributed by atoms with Crippen molar-refractivity contribution in [3.63, 3.8) is 0 Å². The summed E-state index contributed by atoms with van der Waals surface area (Å²) in [6.07, 6.45) is 4.25. The molecule has 1 aromatic rings. The van der Waals surface area contributed by atoms with Crippen LogP contribution in [0.15, 0.2) is 12.1 Å². The van der Waals surface area contributed by atoms with Gasteiger partial charge < -0.3 is 19.6 Å². The normalized spacial score (nSPS) is 19.6. The summed E-state index contributed by atoms with van der Waals surface area (Å²) < 4.78 is 11.3. The third-order valence-electron chi connectivity index (χ3n) is 5.00. The van der Waals surface area contributed by atoms with Crippen molar-refractivity contribution in [2.45, 2.75) is 64.0 Å².